The third kappa shape index (κ3) is 4.66. The number of para-hydroxylation sites is 2. The molecule has 204 valence electrons. The van der Waals surface area contributed by atoms with Crippen LogP contribution in [0.3, 0.4) is 0 Å². The van der Waals surface area contributed by atoms with Crippen LogP contribution in [0.5, 0.6) is 0 Å². The molecule has 0 bridgehead atoms. The summed E-state index contributed by atoms with van der Waals surface area (Å²) in [5.41, 5.74) is 4.63. The summed E-state index contributed by atoms with van der Waals surface area (Å²) < 4.78 is 1.98. The van der Waals surface area contributed by atoms with Gasteiger partial charge in [0.2, 0.25) is 5.78 Å². The molecular formula is C31H36N4O3S. The lowest BCUT2D eigenvalue weighted by Crippen LogP contribution is -2.38. The van der Waals surface area contributed by atoms with Crippen LogP contribution in [0.25, 0.3) is 16.0 Å². The van der Waals surface area contributed by atoms with E-state index >= 15 is 0 Å². The van der Waals surface area contributed by atoms with Gasteiger partial charge in [-0.1, -0.05) is 82.4 Å². The van der Waals surface area contributed by atoms with Gasteiger partial charge in [-0.15, -0.1) is 0 Å². The minimum Gasteiger partial charge on any atom is -0.503 e. The van der Waals surface area contributed by atoms with Crippen LogP contribution in [-0.4, -0.2) is 62.2 Å². The number of carbonyl (C=O) groups excluding carboxylic acids is 2. The van der Waals surface area contributed by atoms with Crippen molar-refractivity contribution < 1.29 is 14.7 Å². The Hall–Kier alpha value is -3.49. The predicted molar refractivity (Wildman–Crippen MR) is 157 cm³/mol. The molecule has 1 unspecified atom stereocenters. The summed E-state index contributed by atoms with van der Waals surface area (Å²) in [6.07, 6.45) is 0. The van der Waals surface area contributed by atoms with Crippen molar-refractivity contribution in [3.63, 3.8) is 0 Å². The Labute approximate surface area is 233 Å². The van der Waals surface area contributed by atoms with E-state index in [1.165, 1.54) is 11.3 Å². The summed E-state index contributed by atoms with van der Waals surface area (Å²) in [4.78, 5) is 37.4. The second-order valence-corrected chi connectivity index (χ2v) is 12.1. The summed E-state index contributed by atoms with van der Waals surface area (Å²) in [5.74, 6) is -1.28. The number of imidazole rings is 1. The van der Waals surface area contributed by atoms with Gasteiger partial charge in [-0.2, -0.15) is 0 Å². The Morgan fingerprint density at radius 2 is 1.74 bits per heavy atom. The number of Topliss-reactive ketones (excluding diaryl/α,β-unsaturated/α-hetero) is 1. The fraction of sp³-hybridized carbons (Fsp3) is 0.387. The molecule has 0 saturated heterocycles. The standard InChI is InChI=1S/C31H36N4O3S/c1-7-33(8-2)17-18-34-25(20-13-15-21(16-14-20)31(4,5)6)24(27(37)29(34)38)26(36)28-19(3)35-23-12-10-9-11-22(23)32-30(35)39-28/h9-16,25,37H,7-8,17-18H2,1-6H3. The van der Waals surface area contributed by atoms with Gasteiger partial charge in [-0.25, -0.2) is 4.98 Å². The van der Waals surface area contributed by atoms with E-state index in [2.05, 4.69) is 51.7 Å². The minimum atomic E-state index is -0.667. The minimum absolute atomic E-state index is 0.0330. The molecule has 1 amide bonds. The van der Waals surface area contributed by atoms with Gasteiger partial charge in [-0.3, -0.25) is 14.0 Å². The van der Waals surface area contributed by atoms with E-state index in [-0.39, 0.29) is 16.8 Å². The number of ketones is 1. The number of aryl methyl sites for hydroxylation is 1. The molecule has 7 nitrogen and oxygen atoms in total. The molecule has 2 aromatic carbocycles. The third-order valence-electron chi connectivity index (χ3n) is 7.79. The maximum absolute atomic E-state index is 14.2. The van der Waals surface area contributed by atoms with Crippen molar-refractivity contribution in [1.82, 2.24) is 19.2 Å². The molecular weight excluding hydrogens is 508 g/mol. The molecule has 0 spiro atoms. The van der Waals surface area contributed by atoms with Crippen LogP contribution in [0.4, 0.5) is 0 Å². The molecule has 1 aliphatic heterocycles. The zero-order valence-electron chi connectivity index (χ0n) is 23.5. The molecule has 1 N–H and O–H groups in total. The third-order valence-corrected chi connectivity index (χ3v) is 8.93. The first-order valence-corrected chi connectivity index (χ1v) is 14.4. The highest BCUT2D eigenvalue weighted by molar-refractivity contribution is 7.19. The first-order chi connectivity index (χ1) is 18.6. The summed E-state index contributed by atoms with van der Waals surface area (Å²) in [7, 11) is 0. The van der Waals surface area contributed by atoms with Crippen molar-refractivity contribution in [3.8, 4) is 0 Å². The van der Waals surface area contributed by atoms with Gasteiger partial charge in [0.05, 0.1) is 27.5 Å². The molecule has 8 heteroatoms. The highest BCUT2D eigenvalue weighted by atomic mass is 32.1. The Bertz CT molecular complexity index is 1590. The Balaban J connectivity index is 1.59. The zero-order valence-corrected chi connectivity index (χ0v) is 24.3. The maximum atomic E-state index is 14.2. The fourth-order valence-electron chi connectivity index (χ4n) is 5.41. The quantitative estimate of drug-likeness (QED) is 0.272. The molecule has 5 rings (SSSR count). The number of fused-ring (bicyclic) bond motifs is 3. The van der Waals surface area contributed by atoms with Crippen molar-refractivity contribution in [2.75, 3.05) is 26.2 Å². The lowest BCUT2D eigenvalue weighted by molar-refractivity contribution is -0.129. The summed E-state index contributed by atoms with van der Waals surface area (Å²) >= 11 is 1.30. The smallest absolute Gasteiger partial charge is 0.290 e. The van der Waals surface area contributed by atoms with Crippen LogP contribution in [0.1, 0.15) is 67.2 Å². The van der Waals surface area contributed by atoms with E-state index in [1.807, 2.05) is 47.7 Å². The summed E-state index contributed by atoms with van der Waals surface area (Å²) in [6.45, 7) is 15.3. The predicted octanol–water partition coefficient (Wildman–Crippen LogP) is 6.08. The van der Waals surface area contributed by atoms with Gasteiger partial charge in [0.15, 0.2) is 10.7 Å². The first kappa shape index (κ1) is 27.1. The van der Waals surface area contributed by atoms with E-state index in [0.29, 0.717) is 22.9 Å². The number of benzene rings is 2. The Morgan fingerprint density at radius 1 is 1.08 bits per heavy atom. The van der Waals surface area contributed by atoms with Gasteiger partial charge >= 0.3 is 0 Å². The van der Waals surface area contributed by atoms with Crippen molar-refractivity contribution in [2.24, 2.45) is 0 Å². The van der Waals surface area contributed by atoms with Gasteiger partial charge < -0.3 is 14.9 Å². The SMILES string of the molecule is CCN(CC)CCN1C(=O)C(O)=C(C(=O)c2sc3nc4ccccc4n3c2C)C1c1ccc(C(C)(C)C)cc1. The largest absolute Gasteiger partial charge is 0.503 e. The van der Waals surface area contributed by atoms with E-state index in [0.717, 1.165) is 40.9 Å². The number of carbonyl (C=O) groups is 2. The molecule has 0 aliphatic carbocycles. The zero-order chi connectivity index (χ0) is 28.1. The van der Waals surface area contributed by atoms with Crippen molar-refractivity contribution >= 4 is 39.0 Å². The second-order valence-electron chi connectivity index (χ2n) is 11.1. The molecule has 1 aliphatic rings. The van der Waals surface area contributed by atoms with Crippen LogP contribution >= 0.6 is 11.3 Å². The van der Waals surface area contributed by atoms with Crippen LogP contribution < -0.4 is 0 Å². The average Bonchev–Trinajstić information content (AvgIpc) is 3.53. The van der Waals surface area contributed by atoms with Crippen LogP contribution in [-0.2, 0) is 10.2 Å². The number of aromatic nitrogens is 2. The number of hydrogen-bond acceptors (Lipinski definition) is 6. The molecule has 4 aromatic rings. The maximum Gasteiger partial charge on any atom is 0.290 e. The van der Waals surface area contributed by atoms with E-state index in [1.54, 1.807) is 4.90 Å². The number of amides is 1. The Kier molecular flexibility index (Phi) is 7.11. The number of aliphatic hydroxyl groups excluding tert-OH is 1. The summed E-state index contributed by atoms with van der Waals surface area (Å²) in [5, 5.41) is 11.2. The lowest BCUT2D eigenvalue weighted by Gasteiger charge is -2.30. The van der Waals surface area contributed by atoms with Crippen LogP contribution in [0.2, 0.25) is 0 Å². The number of aliphatic hydroxyl groups is 1. The molecule has 39 heavy (non-hydrogen) atoms. The molecule has 1 atom stereocenters. The number of rotatable bonds is 8. The average molecular weight is 545 g/mol. The van der Waals surface area contributed by atoms with Crippen molar-refractivity contribution in [2.45, 2.75) is 53.0 Å². The number of thiazole rings is 1. The summed E-state index contributed by atoms with van der Waals surface area (Å²) in [6, 6.07) is 15.2. The first-order valence-electron chi connectivity index (χ1n) is 13.5. The van der Waals surface area contributed by atoms with E-state index in [9.17, 15) is 14.7 Å². The second kappa shape index (κ2) is 10.2. The highest BCUT2D eigenvalue weighted by Gasteiger charge is 2.44. The van der Waals surface area contributed by atoms with Gasteiger partial charge in [0.1, 0.15) is 0 Å². The molecule has 3 heterocycles. The van der Waals surface area contributed by atoms with Crippen molar-refractivity contribution in [3.05, 3.63) is 81.6 Å². The van der Waals surface area contributed by atoms with Gasteiger partial charge in [0, 0.05) is 18.8 Å². The van der Waals surface area contributed by atoms with Crippen LogP contribution in [0, 0.1) is 6.92 Å². The topological polar surface area (TPSA) is 78.2 Å². The number of hydrogen-bond donors (Lipinski definition) is 1. The fourth-order valence-corrected chi connectivity index (χ4v) is 6.51. The molecule has 0 radical (unpaired) electrons. The van der Waals surface area contributed by atoms with E-state index < -0.39 is 17.7 Å². The van der Waals surface area contributed by atoms with E-state index in [4.69, 9.17) is 4.98 Å². The highest BCUT2D eigenvalue weighted by Crippen LogP contribution is 2.41. The van der Waals surface area contributed by atoms with Crippen LogP contribution in [0.15, 0.2) is 59.9 Å². The number of likely N-dealkylation sites (N-methyl/N-ethyl adjacent to an activating group) is 1. The molecule has 0 fully saturated rings. The molecule has 2 aromatic heterocycles. The van der Waals surface area contributed by atoms with Gasteiger partial charge in [0.25, 0.3) is 5.91 Å². The monoisotopic (exact) mass is 544 g/mol. The lowest BCUT2D eigenvalue weighted by atomic mass is 9.85. The Morgan fingerprint density at radius 3 is 2.38 bits per heavy atom. The number of nitrogens with zero attached hydrogens (tertiary/aromatic N) is 4. The molecule has 0 saturated carbocycles. The van der Waals surface area contributed by atoms with Crippen molar-refractivity contribution in [1.29, 1.82) is 0 Å². The normalized spacial score (nSPS) is 16.4. The van der Waals surface area contributed by atoms with Gasteiger partial charge in [-0.05, 0) is 48.7 Å².